The van der Waals surface area contributed by atoms with Gasteiger partial charge >= 0.3 is 0 Å². The van der Waals surface area contributed by atoms with E-state index in [2.05, 4.69) is 15.9 Å². The molecule has 0 fully saturated rings. The summed E-state index contributed by atoms with van der Waals surface area (Å²) in [6, 6.07) is 5.37. The Bertz CT molecular complexity index is 428. The van der Waals surface area contributed by atoms with Crippen LogP contribution in [0.15, 0.2) is 22.7 Å². The van der Waals surface area contributed by atoms with Crippen molar-refractivity contribution in [3.8, 4) is 0 Å². The Hall–Kier alpha value is -1.16. The van der Waals surface area contributed by atoms with Crippen LogP contribution in [0, 0.1) is 0 Å². The Balaban J connectivity index is 2.67. The van der Waals surface area contributed by atoms with Gasteiger partial charge < -0.3 is 4.90 Å². The lowest BCUT2D eigenvalue weighted by Gasteiger charge is -2.12. The van der Waals surface area contributed by atoms with E-state index in [-0.39, 0.29) is 0 Å². The third kappa shape index (κ3) is 1.10. The minimum atomic E-state index is -0.436. The summed E-state index contributed by atoms with van der Waals surface area (Å²) in [7, 11) is 0. The van der Waals surface area contributed by atoms with Crippen LogP contribution < -0.4 is 4.90 Å². The van der Waals surface area contributed by atoms with Gasteiger partial charge in [-0.1, -0.05) is 6.07 Å². The van der Waals surface area contributed by atoms with E-state index in [1.54, 1.807) is 12.1 Å². The average Bonchev–Trinajstić information content (AvgIpc) is 2.41. The largest absolute Gasteiger partial charge is 0.305 e. The third-order valence-electron chi connectivity index (χ3n) is 2.27. The Morgan fingerprint density at radius 1 is 1.36 bits per heavy atom. The van der Waals surface area contributed by atoms with Gasteiger partial charge in [0, 0.05) is 11.0 Å². The van der Waals surface area contributed by atoms with Crippen molar-refractivity contribution < 1.29 is 9.59 Å². The first-order valence-electron chi connectivity index (χ1n) is 4.31. The molecule has 2 rings (SSSR count). The molecule has 0 atom stereocenters. The molecule has 0 spiro atoms. The van der Waals surface area contributed by atoms with Crippen LogP contribution >= 0.6 is 15.9 Å². The van der Waals surface area contributed by atoms with Crippen molar-refractivity contribution in [2.75, 3.05) is 11.4 Å². The minimum Gasteiger partial charge on any atom is -0.305 e. The molecule has 0 radical (unpaired) electrons. The summed E-state index contributed by atoms with van der Waals surface area (Å²) in [6.07, 6.45) is 0. The van der Waals surface area contributed by atoms with E-state index < -0.39 is 11.7 Å². The van der Waals surface area contributed by atoms with Gasteiger partial charge in [-0.2, -0.15) is 0 Å². The van der Waals surface area contributed by atoms with Gasteiger partial charge in [0.05, 0.1) is 11.3 Å². The first-order chi connectivity index (χ1) is 6.66. The average molecular weight is 254 g/mol. The number of fused-ring (bicyclic) bond motifs is 1. The van der Waals surface area contributed by atoms with Crippen molar-refractivity contribution in [1.29, 1.82) is 0 Å². The molecular weight excluding hydrogens is 246 g/mol. The Morgan fingerprint density at radius 2 is 2.07 bits per heavy atom. The van der Waals surface area contributed by atoms with Crippen molar-refractivity contribution in [2.45, 2.75) is 6.92 Å². The van der Waals surface area contributed by atoms with Gasteiger partial charge in [0.15, 0.2) is 0 Å². The second kappa shape index (κ2) is 3.20. The Labute approximate surface area is 89.8 Å². The highest BCUT2D eigenvalue weighted by Gasteiger charge is 2.35. The lowest BCUT2D eigenvalue weighted by molar-refractivity contribution is -0.114. The second-order valence-electron chi connectivity index (χ2n) is 3.01. The molecule has 1 aromatic rings. The quantitative estimate of drug-likeness (QED) is 0.719. The van der Waals surface area contributed by atoms with Crippen molar-refractivity contribution in [1.82, 2.24) is 0 Å². The Morgan fingerprint density at radius 3 is 2.71 bits per heavy atom. The number of hydrogen-bond donors (Lipinski definition) is 0. The summed E-state index contributed by atoms with van der Waals surface area (Å²) >= 11 is 3.27. The molecule has 3 nitrogen and oxygen atoms in total. The molecule has 0 unspecified atom stereocenters. The van der Waals surface area contributed by atoms with Gasteiger partial charge in [-0.25, -0.2) is 0 Å². The van der Waals surface area contributed by atoms with Crippen LogP contribution in [0.5, 0.6) is 0 Å². The van der Waals surface area contributed by atoms with Gasteiger partial charge in [-0.15, -0.1) is 0 Å². The number of anilines is 1. The summed E-state index contributed by atoms with van der Waals surface area (Å²) in [5.41, 5.74) is 1.19. The zero-order valence-electron chi connectivity index (χ0n) is 7.58. The Kier molecular flexibility index (Phi) is 2.15. The number of benzene rings is 1. The first kappa shape index (κ1) is 9.40. The number of likely N-dealkylation sites (N-methyl/N-ethyl adjacent to an activating group) is 1. The smallest absolute Gasteiger partial charge is 0.299 e. The number of carbonyl (C=O) groups is 2. The maximum absolute atomic E-state index is 11.6. The molecule has 0 aliphatic carbocycles. The zero-order valence-corrected chi connectivity index (χ0v) is 9.17. The minimum absolute atomic E-state index is 0.422. The van der Waals surface area contributed by atoms with E-state index in [1.165, 1.54) is 4.90 Å². The molecule has 1 heterocycles. The summed E-state index contributed by atoms with van der Waals surface area (Å²) in [6.45, 7) is 2.37. The van der Waals surface area contributed by atoms with Gasteiger partial charge in [0.25, 0.3) is 11.7 Å². The monoisotopic (exact) mass is 253 g/mol. The van der Waals surface area contributed by atoms with Gasteiger partial charge in [0.2, 0.25) is 0 Å². The van der Waals surface area contributed by atoms with E-state index in [0.717, 1.165) is 0 Å². The van der Waals surface area contributed by atoms with E-state index in [1.807, 2.05) is 13.0 Å². The molecule has 0 bridgehead atoms. The molecule has 1 aromatic carbocycles. The maximum Gasteiger partial charge on any atom is 0.299 e. The highest BCUT2D eigenvalue weighted by molar-refractivity contribution is 9.10. The van der Waals surface area contributed by atoms with Gasteiger partial charge in [-0.05, 0) is 35.0 Å². The van der Waals surface area contributed by atoms with Crippen LogP contribution in [0.3, 0.4) is 0 Å². The van der Waals surface area contributed by atoms with Crippen LogP contribution in [0.4, 0.5) is 5.69 Å². The number of carbonyl (C=O) groups excluding carboxylic acids is 2. The predicted octanol–water partition coefficient (Wildman–Crippen LogP) is 2.00. The zero-order chi connectivity index (χ0) is 10.3. The normalized spacial score (nSPS) is 14.9. The summed E-state index contributed by atoms with van der Waals surface area (Å²) in [5.74, 6) is -0.858. The fourth-order valence-electron chi connectivity index (χ4n) is 1.62. The molecule has 0 N–H and O–H groups in total. The molecule has 1 amide bonds. The van der Waals surface area contributed by atoms with E-state index in [9.17, 15) is 9.59 Å². The van der Waals surface area contributed by atoms with Crippen LogP contribution in [-0.4, -0.2) is 18.2 Å². The lowest BCUT2D eigenvalue weighted by Crippen LogP contribution is -2.29. The molecular formula is C10H8BrNO2. The van der Waals surface area contributed by atoms with E-state index in [0.29, 0.717) is 22.3 Å². The predicted molar refractivity (Wildman–Crippen MR) is 56.5 cm³/mol. The number of hydrogen-bond acceptors (Lipinski definition) is 2. The van der Waals surface area contributed by atoms with E-state index >= 15 is 0 Å². The molecule has 4 heteroatoms. The molecule has 14 heavy (non-hydrogen) atoms. The molecule has 0 saturated carbocycles. The topological polar surface area (TPSA) is 37.4 Å². The van der Waals surface area contributed by atoms with Crippen molar-refractivity contribution in [3.63, 3.8) is 0 Å². The molecule has 1 aliphatic heterocycles. The summed E-state index contributed by atoms with van der Waals surface area (Å²) < 4.78 is 0.685. The standard InChI is InChI=1S/C10H8BrNO2/c1-2-12-7-5-3-4-6(11)8(7)9(13)10(12)14/h3-5H,2H2,1H3. The SMILES string of the molecule is CCN1C(=O)C(=O)c2c(Br)cccc21. The van der Waals surface area contributed by atoms with Crippen molar-refractivity contribution >= 4 is 33.3 Å². The third-order valence-corrected chi connectivity index (χ3v) is 2.93. The van der Waals surface area contributed by atoms with Crippen molar-refractivity contribution in [3.05, 3.63) is 28.2 Å². The van der Waals surface area contributed by atoms with Crippen molar-refractivity contribution in [2.24, 2.45) is 0 Å². The molecule has 1 aliphatic rings. The van der Waals surface area contributed by atoms with Crippen LogP contribution in [0.2, 0.25) is 0 Å². The fourth-order valence-corrected chi connectivity index (χ4v) is 2.15. The summed E-state index contributed by atoms with van der Waals surface area (Å²) in [5, 5.41) is 0. The fraction of sp³-hybridized carbons (Fsp3) is 0.200. The van der Waals surface area contributed by atoms with Crippen LogP contribution in [0.1, 0.15) is 17.3 Å². The molecule has 0 aromatic heterocycles. The maximum atomic E-state index is 11.6. The highest BCUT2D eigenvalue weighted by Crippen LogP contribution is 2.33. The number of amides is 1. The molecule has 0 saturated heterocycles. The number of halogens is 1. The number of Topliss-reactive ketones (excluding diaryl/α,β-unsaturated/α-hetero) is 1. The van der Waals surface area contributed by atoms with Crippen LogP contribution in [-0.2, 0) is 4.79 Å². The highest BCUT2D eigenvalue weighted by atomic mass is 79.9. The number of rotatable bonds is 1. The number of ketones is 1. The van der Waals surface area contributed by atoms with Gasteiger partial charge in [-0.3, -0.25) is 9.59 Å². The van der Waals surface area contributed by atoms with Gasteiger partial charge in [0.1, 0.15) is 0 Å². The lowest BCUT2D eigenvalue weighted by atomic mass is 10.1. The second-order valence-corrected chi connectivity index (χ2v) is 3.87. The van der Waals surface area contributed by atoms with Crippen LogP contribution in [0.25, 0.3) is 0 Å². The summed E-state index contributed by atoms with van der Waals surface area (Å²) in [4.78, 5) is 24.6. The molecule has 72 valence electrons. The number of nitrogens with zero attached hydrogens (tertiary/aromatic N) is 1. The van der Waals surface area contributed by atoms with E-state index in [4.69, 9.17) is 0 Å². The first-order valence-corrected chi connectivity index (χ1v) is 5.10.